The Morgan fingerprint density at radius 1 is 0.688 bits per heavy atom. The quantitative estimate of drug-likeness (QED) is 0.455. The van der Waals surface area contributed by atoms with Gasteiger partial charge in [0.1, 0.15) is 0 Å². The van der Waals surface area contributed by atoms with Crippen LogP contribution in [0.25, 0.3) is 0 Å². The molecule has 0 atom stereocenters. The lowest BCUT2D eigenvalue weighted by atomic mass is 10.2. The standard InChI is InChI=1S/C6H14O2.C4H6O4/c7-5-3-1-2-4-6-8;5-3(6)1-2-4(7)8/h7-8H,1-6H2;1-2H2,(H,5,6)(H,7,8). The zero-order valence-corrected chi connectivity index (χ0v) is 9.26. The third kappa shape index (κ3) is 23.0. The number of aliphatic hydroxyl groups excluding tert-OH is 2. The Balaban J connectivity index is 0. The van der Waals surface area contributed by atoms with Crippen molar-refractivity contribution in [2.45, 2.75) is 38.5 Å². The van der Waals surface area contributed by atoms with Gasteiger partial charge >= 0.3 is 11.9 Å². The molecular weight excluding hydrogens is 216 g/mol. The highest BCUT2D eigenvalue weighted by Gasteiger charge is 2.00. The molecule has 96 valence electrons. The second kappa shape index (κ2) is 13.9. The van der Waals surface area contributed by atoms with Crippen molar-refractivity contribution < 1.29 is 30.0 Å². The number of rotatable bonds is 8. The summed E-state index contributed by atoms with van der Waals surface area (Å²) in [6.07, 6.45) is 3.23. The van der Waals surface area contributed by atoms with E-state index in [-0.39, 0.29) is 26.1 Å². The van der Waals surface area contributed by atoms with E-state index in [9.17, 15) is 9.59 Å². The van der Waals surface area contributed by atoms with Gasteiger partial charge in [0.05, 0.1) is 12.8 Å². The Morgan fingerprint density at radius 3 is 1.19 bits per heavy atom. The minimum atomic E-state index is -1.08. The number of aliphatic carboxylic acids is 2. The second-order valence-electron chi connectivity index (χ2n) is 3.15. The van der Waals surface area contributed by atoms with Crippen LogP contribution in [0.1, 0.15) is 38.5 Å². The highest BCUT2D eigenvalue weighted by atomic mass is 16.4. The molecule has 6 nitrogen and oxygen atoms in total. The van der Waals surface area contributed by atoms with Crippen molar-refractivity contribution in [1.82, 2.24) is 0 Å². The SMILES string of the molecule is O=C(O)CCC(=O)O.OCCCCCCO. The maximum Gasteiger partial charge on any atom is 0.303 e. The third-order valence-corrected chi connectivity index (χ3v) is 1.62. The molecule has 0 aliphatic rings. The molecular formula is C10H20O6. The fourth-order valence-electron chi connectivity index (χ4n) is 0.791. The zero-order valence-electron chi connectivity index (χ0n) is 9.26. The van der Waals surface area contributed by atoms with E-state index >= 15 is 0 Å². The molecule has 16 heavy (non-hydrogen) atoms. The lowest BCUT2D eigenvalue weighted by Crippen LogP contribution is -2.00. The van der Waals surface area contributed by atoms with Crippen LogP contribution < -0.4 is 0 Å². The van der Waals surface area contributed by atoms with Crippen LogP contribution in [0, 0.1) is 0 Å². The van der Waals surface area contributed by atoms with Gasteiger partial charge in [0, 0.05) is 13.2 Å². The summed E-state index contributed by atoms with van der Waals surface area (Å²) in [7, 11) is 0. The zero-order chi connectivity index (χ0) is 12.8. The van der Waals surface area contributed by atoms with Gasteiger partial charge in [-0.15, -0.1) is 0 Å². The monoisotopic (exact) mass is 236 g/mol. The van der Waals surface area contributed by atoms with E-state index in [0.29, 0.717) is 0 Å². The minimum Gasteiger partial charge on any atom is -0.481 e. The van der Waals surface area contributed by atoms with Gasteiger partial charge in [-0.2, -0.15) is 0 Å². The van der Waals surface area contributed by atoms with E-state index < -0.39 is 11.9 Å². The highest BCUT2D eigenvalue weighted by Crippen LogP contribution is 1.96. The Hall–Kier alpha value is -1.14. The molecule has 0 saturated carbocycles. The van der Waals surface area contributed by atoms with Gasteiger partial charge in [0.15, 0.2) is 0 Å². The highest BCUT2D eigenvalue weighted by molar-refractivity contribution is 5.75. The van der Waals surface area contributed by atoms with Crippen molar-refractivity contribution in [2.24, 2.45) is 0 Å². The number of hydrogen-bond acceptors (Lipinski definition) is 4. The molecule has 4 N–H and O–H groups in total. The summed E-state index contributed by atoms with van der Waals surface area (Å²) in [5.41, 5.74) is 0. The van der Waals surface area contributed by atoms with Gasteiger partial charge in [-0.1, -0.05) is 12.8 Å². The number of aliphatic hydroxyl groups is 2. The molecule has 0 rings (SSSR count). The molecule has 0 heterocycles. The van der Waals surface area contributed by atoms with E-state index in [1.165, 1.54) is 0 Å². The maximum absolute atomic E-state index is 9.64. The maximum atomic E-state index is 9.64. The summed E-state index contributed by atoms with van der Waals surface area (Å²) in [4.78, 5) is 19.3. The molecule has 0 spiro atoms. The number of carboxylic acids is 2. The average Bonchev–Trinajstić information content (AvgIpc) is 2.23. The first-order valence-electron chi connectivity index (χ1n) is 5.20. The van der Waals surface area contributed by atoms with E-state index in [0.717, 1.165) is 25.7 Å². The second-order valence-corrected chi connectivity index (χ2v) is 3.15. The van der Waals surface area contributed by atoms with E-state index in [4.69, 9.17) is 20.4 Å². The minimum absolute atomic E-state index is 0.283. The van der Waals surface area contributed by atoms with E-state index in [1.54, 1.807) is 0 Å². The molecule has 0 aliphatic heterocycles. The van der Waals surface area contributed by atoms with Crippen molar-refractivity contribution in [3.8, 4) is 0 Å². The smallest absolute Gasteiger partial charge is 0.303 e. The average molecular weight is 236 g/mol. The molecule has 0 amide bonds. The summed E-state index contributed by atoms with van der Waals surface area (Å²) in [5.74, 6) is -2.15. The topological polar surface area (TPSA) is 115 Å². The molecule has 0 aromatic rings. The fourth-order valence-corrected chi connectivity index (χ4v) is 0.791. The van der Waals surface area contributed by atoms with Crippen molar-refractivity contribution in [3.05, 3.63) is 0 Å². The van der Waals surface area contributed by atoms with Crippen molar-refractivity contribution in [1.29, 1.82) is 0 Å². The molecule has 0 aliphatic carbocycles. The van der Waals surface area contributed by atoms with Crippen LogP contribution in [-0.2, 0) is 9.59 Å². The summed E-state index contributed by atoms with van der Waals surface area (Å²) < 4.78 is 0. The van der Waals surface area contributed by atoms with Gasteiger partial charge < -0.3 is 20.4 Å². The van der Waals surface area contributed by atoms with Crippen molar-refractivity contribution in [3.63, 3.8) is 0 Å². The normalized spacial score (nSPS) is 9.12. The number of unbranched alkanes of at least 4 members (excludes halogenated alkanes) is 3. The van der Waals surface area contributed by atoms with Crippen LogP contribution in [0.4, 0.5) is 0 Å². The van der Waals surface area contributed by atoms with Gasteiger partial charge in [0.25, 0.3) is 0 Å². The third-order valence-electron chi connectivity index (χ3n) is 1.62. The molecule has 0 fully saturated rings. The molecule has 0 unspecified atom stereocenters. The Kier molecular flexibility index (Phi) is 15.0. The molecule has 0 saturated heterocycles. The van der Waals surface area contributed by atoms with Crippen molar-refractivity contribution >= 4 is 11.9 Å². The summed E-state index contributed by atoms with van der Waals surface area (Å²) >= 11 is 0. The fraction of sp³-hybridized carbons (Fsp3) is 0.800. The first-order chi connectivity index (χ1) is 7.54. The van der Waals surface area contributed by atoms with Crippen LogP contribution in [0.15, 0.2) is 0 Å². The first kappa shape index (κ1) is 17.3. The summed E-state index contributed by atoms with van der Waals surface area (Å²) in [6.45, 7) is 0.566. The Bertz CT molecular complexity index is 160. The van der Waals surface area contributed by atoms with Gasteiger partial charge in [-0.05, 0) is 12.8 Å². The summed E-state index contributed by atoms with van der Waals surface area (Å²) in [5, 5.41) is 32.4. The molecule has 0 radical (unpaired) electrons. The lowest BCUT2D eigenvalue weighted by Gasteiger charge is -1.93. The van der Waals surface area contributed by atoms with Gasteiger partial charge in [-0.3, -0.25) is 9.59 Å². The summed E-state index contributed by atoms with van der Waals surface area (Å²) in [6, 6.07) is 0. The van der Waals surface area contributed by atoms with Crippen LogP contribution in [0.3, 0.4) is 0 Å². The number of carboxylic acid groups (broad SMARTS) is 2. The first-order valence-corrected chi connectivity index (χ1v) is 5.20. The van der Waals surface area contributed by atoms with Gasteiger partial charge in [0.2, 0.25) is 0 Å². The number of hydrogen-bond donors (Lipinski definition) is 4. The molecule has 0 bridgehead atoms. The van der Waals surface area contributed by atoms with E-state index in [1.807, 2.05) is 0 Å². The van der Waals surface area contributed by atoms with Crippen LogP contribution in [-0.4, -0.2) is 45.6 Å². The van der Waals surface area contributed by atoms with Crippen molar-refractivity contribution in [2.75, 3.05) is 13.2 Å². The van der Waals surface area contributed by atoms with Crippen LogP contribution in [0.5, 0.6) is 0 Å². The predicted molar refractivity (Wildman–Crippen MR) is 57.1 cm³/mol. The Labute approximate surface area is 94.5 Å². The molecule has 0 aromatic carbocycles. The predicted octanol–water partition coefficient (Wildman–Crippen LogP) is 0.467. The largest absolute Gasteiger partial charge is 0.481 e. The lowest BCUT2D eigenvalue weighted by molar-refractivity contribution is -0.143. The van der Waals surface area contributed by atoms with E-state index in [2.05, 4.69) is 0 Å². The molecule has 6 heteroatoms. The molecule has 0 aromatic heterocycles. The van der Waals surface area contributed by atoms with Crippen LogP contribution in [0.2, 0.25) is 0 Å². The van der Waals surface area contributed by atoms with Crippen LogP contribution >= 0.6 is 0 Å². The number of carbonyl (C=O) groups is 2. The van der Waals surface area contributed by atoms with Gasteiger partial charge in [-0.25, -0.2) is 0 Å². The Morgan fingerprint density at radius 2 is 1.00 bits per heavy atom.